The lowest BCUT2D eigenvalue weighted by Gasteiger charge is -2.36. The number of halogens is 2. The number of benzene rings is 2. The van der Waals surface area contributed by atoms with Gasteiger partial charge in [0, 0.05) is 31.6 Å². The normalized spacial score (nSPS) is 14.2. The van der Waals surface area contributed by atoms with Crippen LogP contribution in [0.1, 0.15) is 20.8 Å². The minimum absolute atomic E-state index is 0.0800. The lowest BCUT2D eigenvalue weighted by atomic mass is 10.00. The number of methoxy groups -OCH3 is 2. The number of phenols is 1. The summed E-state index contributed by atoms with van der Waals surface area (Å²) < 4.78 is 31.2. The predicted molar refractivity (Wildman–Crippen MR) is 135 cm³/mol. The van der Waals surface area contributed by atoms with Gasteiger partial charge < -0.3 is 29.1 Å². The zero-order valence-electron chi connectivity index (χ0n) is 20.8. The molecule has 1 aliphatic rings. The third-order valence-electron chi connectivity index (χ3n) is 5.72. The molecular weight excluding hydrogens is 491 g/mol. The fourth-order valence-corrected chi connectivity index (χ4v) is 4.41. The number of aromatic hydroxyl groups is 1. The van der Waals surface area contributed by atoms with E-state index in [1.54, 1.807) is 11.0 Å². The van der Waals surface area contributed by atoms with Gasteiger partial charge in [0.15, 0.2) is 5.75 Å². The zero-order chi connectivity index (χ0) is 26.2. The minimum Gasteiger partial charge on any atom is -0.507 e. The molecule has 36 heavy (non-hydrogen) atoms. The first-order valence-electron chi connectivity index (χ1n) is 11.4. The molecule has 9 nitrogen and oxygen atoms in total. The highest BCUT2D eigenvalue weighted by Gasteiger charge is 2.29. The van der Waals surface area contributed by atoms with Crippen LogP contribution >= 0.6 is 11.6 Å². The molecule has 11 heteroatoms. The highest BCUT2D eigenvalue weighted by Crippen LogP contribution is 2.47. The van der Waals surface area contributed by atoms with E-state index in [1.165, 1.54) is 32.4 Å². The Kier molecular flexibility index (Phi) is 6.99. The molecule has 1 saturated heterocycles. The molecule has 0 bridgehead atoms. The molecule has 0 spiro atoms. The SMILES string of the molecule is COc1nc(N2CCN(C(=O)OC(C)(C)C)CC2)c2cc(Cl)c(-c3c(O)cccc3F)c(OC)c2n1. The first-order chi connectivity index (χ1) is 17.0. The highest BCUT2D eigenvalue weighted by molar-refractivity contribution is 6.35. The summed E-state index contributed by atoms with van der Waals surface area (Å²) in [5.41, 5.74) is -0.159. The van der Waals surface area contributed by atoms with E-state index >= 15 is 0 Å². The number of carbonyl (C=O) groups is 1. The van der Waals surface area contributed by atoms with Gasteiger partial charge in [0.05, 0.1) is 30.4 Å². The summed E-state index contributed by atoms with van der Waals surface area (Å²) in [5.74, 6) is -0.236. The standard InChI is InChI=1S/C25H28ClFN4O5/c1-25(2,3)36-24(33)31-11-9-30(10-12-31)22-14-13-15(26)18(19-16(27)7-6-8-17(19)32)21(34-4)20(14)28-23(29-22)35-5/h6-8,13,32H,9-12H2,1-5H3. The minimum atomic E-state index is -0.658. The van der Waals surface area contributed by atoms with E-state index in [4.69, 9.17) is 25.8 Å². The average Bonchev–Trinajstić information content (AvgIpc) is 2.82. The molecule has 0 radical (unpaired) electrons. The van der Waals surface area contributed by atoms with E-state index in [0.29, 0.717) is 42.9 Å². The maximum atomic E-state index is 14.8. The number of carbonyl (C=O) groups excluding carboxylic acids is 1. The molecule has 0 aliphatic carbocycles. The second-order valence-corrected chi connectivity index (χ2v) is 9.69. The molecule has 2 heterocycles. The van der Waals surface area contributed by atoms with E-state index in [-0.39, 0.29) is 39.8 Å². The first-order valence-corrected chi connectivity index (χ1v) is 11.7. The molecule has 1 aromatic heterocycles. The predicted octanol–water partition coefficient (Wildman–Crippen LogP) is 4.87. The number of ether oxygens (including phenoxy) is 3. The third-order valence-corrected chi connectivity index (χ3v) is 6.01. The maximum Gasteiger partial charge on any atom is 0.410 e. The molecule has 3 aromatic rings. The summed E-state index contributed by atoms with van der Waals surface area (Å²) in [7, 11) is 2.86. The van der Waals surface area contributed by atoms with Gasteiger partial charge >= 0.3 is 12.1 Å². The van der Waals surface area contributed by atoms with Gasteiger partial charge in [0.25, 0.3) is 0 Å². The van der Waals surface area contributed by atoms with Gasteiger partial charge in [-0.05, 0) is 39.0 Å². The van der Waals surface area contributed by atoms with E-state index in [0.717, 1.165) is 0 Å². The molecule has 192 valence electrons. The van der Waals surface area contributed by atoms with Gasteiger partial charge in [-0.2, -0.15) is 9.97 Å². The van der Waals surface area contributed by atoms with Gasteiger partial charge in [-0.25, -0.2) is 9.18 Å². The van der Waals surface area contributed by atoms with Crippen LogP contribution in [-0.2, 0) is 4.74 Å². The molecule has 1 fully saturated rings. The van der Waals surface area contributed by atoms with Crippen molar-refractivity contribution in [3.8, 4) is 28.6 Å². The van der Waals surface area contributed by atoms with Crippen LogP contribution in [0.5, 0.6) is 17.5 Å². The molecule has 0 atom stereocenters. The first kappa shape index (κ1) is 25.6. The molecule has 1 aliphatic heterocycles. The number of hydrogen-bond donors (Lipinski definition) is 1. The summed E-state index contributed by atoms with van der Waals surface area (Å²) in [6.45, 7) is 7.28. The maximum absolute atomic E-state index is 14.8. The number of fused-ring (bicyclic) bond motifs is 1. The van der Waals surface area contributed by atoms with Crippen LogP contribution in [0.15, 0.2) is 24.3 Å². The van der Waals surface area contributed by atoms with Crippen molar-refractivity contribution in [2.24, 2.45) is 0 Å². The van der Waals surface area contributed by atoms with Gasteiger partial charge in [0.2, 0.25) is 0 Å². The molecule has 1 N–H and O–H groups in total. The number of aromatic nitrogens is 2. The second-order valence-electron chi connectivity index (χ2n) is 9.29. The van der Waals surface area contributed by atoms with Crippen molar-refractivity contribution < 1.29 is 28.5 Å². The van der Waals surface area contributed by atoms with E-state index < -0.39 is 11.4 Å². The van der Waals surface area contributed by atoms with Crippen LogP contribution in [0.25, 0.3) is 22.0 Å². The van der Waals surface area contributed by atoms with E-state index in [9.17, 15) is 14.3 Å². The Morgan fingerprint density at radius 1 is 1.08 bits per heavy atom. The number of rotatable bonds is 4. The number of amides is 1. The van der Waals surface area contributed by atoms with Crippen molar-refractivity contribution in [3.05, 3.63) is 35.1 Å². The topological polar surface area (TPSA) is 97.3 Å². The summed E-state index contributed by atoms with van der Waals surface area (Å²) in [6.07, 6.45) is -0.369. The molecule has 2 aromatic carbocycles. The summed E-state index contributed by atoms with van der Waals surface area (Å²) in [4.78, 5) is 25.1. The number of nitrogens with zero attached hydrogens (tertiary/aromatic N) is 4. The van der Waals surface area contributed by atoms with Gasteiger partial charge in [-0.15, -0.1) is 0 Å². The van der Waals surface area contributed by atoms with Crippen molar-refractivity contribution in [1.82, 2.24) is 14.9 Å². The average molecular weight is 519 g/mol. The highest BCUT2D eigenvalue weighted by atomic mass is 35.5. The Morgan fingerprint density at radius 3 is 2.36 bits per heavy atom. The van der Waals surface area contributed by atoms with E-state index in [2.05, 4.69) is 9.97 Å². The molecule has 0 unspecified atom stereocenters. The summed E-state index contributed by atoms with van der Waals surface area (Å²) >= 11 is 6.64. The molecular formula is C25H28ClFN4O5. The van der Waals surface area contributed by atoms with E-state index in [1.807, 2.05) is 25.7 Å². The van der Waals surface area contributed by atoms with Crippen LogP contribution in [0.3, 0.4) is 0 Å². The van der Waals surface area contributed by atoms with Gasteiger partial charge in [0.1, 0.15) is 28.5 Å². The van der Waals surface area contributed by atoms with Crippen molar-refractivity contribution in [2.75, 3.05) is 45.3 Å². The number of hydrogen-bond acceptors (Lipinski definition) is 8. The van der Waals surface area contributed by atoms with Gasteiger partial charge in [-0.3, -0.25) is 0 Å². The van der Waals surface area contributed by atoms with Crippen LogP contribution in [0.4, 0.5) is 15.0 Å². The molecule has 4 rings (SSSR count). The quantitative estimate of drug-likeness (QED) is 0.522. The van der Waals surface area contributed by atoms with Crippen LogP contribution in [0.2, 0.25) is 5.02 Å². The van der Waals surface area contributed by atoms with Crippen molar-refractivity contribution in [1.29, 1.82) is 0 Å². The lowest BCUT2D eigenvalue weighted by Crippen LogP contribution is -2.50. The summed E-state index contributed by atoms with van der Waals surface area (Å²) in [5, 5.41) is 11.1. The second kappa shape index (κ2) is 9.85. The lowest BCUT2D eigenvalue weighted by molar-refractivity contribution is 0.0240. The Bertz CT molecular complexity index is 1290. The van der Waals surface area contributed by atoms with Crippen LogP contribution in [0, 0.1) is 5.82 Å². The Morgan fingerprint density at radius 2 is 1.78 bits per heavy atom. The number of piperazine rings is 1. The third kappa shape index (κ3) is 4.90. The number of anilines is 1. The Balaban J connectivity index is 1.78. The van der Waals surface area contributed by atoms with Crippen LogP contribution < -0.4 is 14.4 Å². The number of phenolic OH excluding ortho intramolecular Hbond substituents is 1. The van der Waals surface area contributed by atoms with Gasteiger partial charge in [-0.1, -0.05) is 17.7 Å². The zero-order valence-corrected chi connectivity index (χ0v) is 21.5. The van der Waals surface area contributed by atoms with Crippen molar-refractivity contribution in [3.63, 3.8) is 0 Å². The fraction of sp³-hybridized carbons (Fsp3) is 0.400. The summed E-state index contributed by atoms with van der Waals surface area (Å²) in [6, 6.07) is 5.70. The molecule has 1 amide bonds. The smallest absolute Gasteiger partial charge is 0.410 e. The van der Waals surface area contributed by atoms with Crippen molar-refractivity contribution in [2.45, 2.75) is 26.4 Å². The Hall–Kier alpha value is -3.53. The van der Waals surface area contributed by atoms with Crippen molar-refractivity contribution >= 4 is 34.4 Å². The Labute approximate surface area is 213 Å². The largest absolute Gasteiger partial charge is 0.507 e. The van der Waals surface area contributed by atoms with Crippen LogP contribution in [-0.4, -0.2) is 72.1 Å². The molecule has 0 saturated carbocycles. The fourth-order valence-electron chi connectivity index (χ4n) is 4.12. The monoisotopic (exact) mass is 518 g/mol.